The number of carbonyl (C=O) groups excluding carboxylic acids is 1. The van der Waals surface area contributed by atoms with Crippen molar-refractivity contribution in [1.29, 1.82) is 0 Å². The van der Waals surface area contributed by atoms with E-state index in [1.165, 1.54) is 0 Å². The van der Waals surface area contributed by atoms with E-state index in [2.05, 4.69) is 5.10 Å². The summed E-state index contributed by atoms with van der Waals surface area (Å²) >= 11 is 0. The summed E-state index contributed by atoms with van der Waals surface area (Å²) in [6, 6.07) is 18.6. The largest absolute Gasteiger partial charge is 0.289 e. The summed E-state index contributed by atoms with van der Waals surface area (Å²) in [5.41, 5.74) is 2.33. The van der Waals surface area contributed by atoms with Gasteiger partial charge in [-0.1, -0.05) is 30.3 Å². The van der Waals surface area contributed by atoms with Crippen LogP contribution in [0.2, 0.25) is 0 Å². The number of nitrogens with zero attached hydrogens (tertiary/aromatic N) is 2. The Morgan fingerprint density at radius 1 is 0.842 bits per heavy atom. The molecule has 0 saturated heterocycles. The zero-order chi connectivity index (χ0) is 13.1. The standard InChI is InChI=1S/C16H12N2O/c19-16(13-5-2-1-3-6-13)14-7-9-15(10-8-14)18-12-4-11-17-18/h1-12H. The molecule has 3 nitrogen and oxygen atoms in total. The minimum absolute atomic E-state index is 0.0348. The van der Waals surface area contributed by atoms with Gasteiger partial charge < -0.3 is 0 Å². The van der Waals surface area contributed by atoms with E-state index < -0.39 is 0 Å². The maximum Gasteiger partial charge on any atom is 0.193 e. The van der Waals surface area contributed by atoms with E-state index in [0.29, 0.717) is 11.1 Å². The lowest BCUT2D eigenvalue weighted by Gasteiger charge is -2.04. The van der Waals surface area contributed by atoms with Crippen molar-refractivity contribution in [3.63, 3.8) is 0 Å². The minimum Gasteiger partial charge on any atom is -0.289 e. The number of benzene rings is 2. The molecule has 3 heteroatoms. The summed E-state index contributed by atoms with van der Waals surface area (Å²) in [6.07, 6.45) is 3.59. The smallest absolute Gasteiger partial charge is 0.193 e. The molecular weight excluding hydrogens is 236 g/mol. The zero-order valence-electron chi connectivity index (χ0n) is 10.2. The van der Waals surface area contributed by atoms with Crippen LogP contribution in [0.25, 0.3) is 5.69 Å². The van der Waals surface area contributed by atoms with Gasteiger partial charge in [-0.15, -0.1) is 0 Å². The molecular formula is C16H12N2O. The van der Waals surface area contributed by atoms with Gasteiger partial charge in [0.05, 0.1) is 5.69 Å². The van der Waals surface area contributed by atoms with Crippen molar-refractivity contribution in [2.45, 2.75) is 0 Å². The van der Waals surface area contributed by atoms with E-state index in [1.807, 2.05) is 66.9 Å². The topological polar surface area (TPSA) is 34.9 Å². The van der Waals surface area contributed by atoms with E-state index in [9.17, 15) is 4.79 Å². The molecule has 19 heavy (non-hydrogen) atoms. The van der Waals surface area contributed by atoms with Crippen molar-refractivity contribution in [2.24, 2.45) is 0 Å². The summed E-state index contributed by atoms with van der Waals surface area (Å²) in [5, 5.41) is 4.15. The number of ketones is 1. The van der Waals surface area contributed by atoms with Crippen LogP contribution in [0.1, 0.15) is 15.9 Å². The fourth-order valence-corrected chi connectivity index (χ4v) is 1.94. The average Bonchev–Trinajstić information content (AvgIpc) is 3.02. The van der Waals surface area contributed by atoms with Gasteiger partial charge in [0.2, 0.25) is 0 Å². The SMILES string of the molecule is O=C(c1ccccc1)c1ccc(-n2cccn2)cc1. The van der Waals surface area contributed by atoms with Crippen LogP contribution in [0, 0.1) is 0 Å². The second-order valence-corrected chi connectivity index (χ2v) is 4.19. The summed E-state index contributed by atoms with van der Waals surface area (Å²) in [5.74, 6) is 0.0348. The number of aromatic nitrogens is 2. The predicted octanol–water partition coefficient (Wildman–Crippen LogP) is 3.10. The Labute approximate surface area is 111 Å². The first-order valence-corrected chi connectivity index (χ1v) is 6.04. The lowest BCUT2D eigenvalue weighted by atomic mass is 10.0. The first kappa shape index (κ1) is 11.4. The molecule has 3 rings (SSSR count). The molecule has 92 valence electrons. The van der Waals surface area contributed by atoms with E-state index in [4.69, 9.17) is 0 Å². The number of hydrogen-bond acceptors (Lipinski definition) is 2. The van der Waals surface area contributed by atoms with Gasteiger partial charge in [0.1, 0.15) is 0 Å². The van der Waals surface area contributed by atoms with Crippen molar-refractivity contribution < 1.29 is 4.79 Å². The molecule has 1 heterocycles. The second-order valence-electron chi connectivity index (χ2n) is 4.19. The van der Waals surface area contributed by atoms with Gasteiger partial charge >= 0.3 is 0 Å². The molecule has 0 saturated carbocycles. The molecule has 0 atom stereocenters. The van der Waals surface area contributed by atoms with Gasteiger partial charge in [-0.3, -0.25) is 4.79 Å². The van der Waals surface area contributed by atoms with Crippen molar-refractivity contribution in [3.05, 3.63) is 84.2 Å². The van der Waals surface area contributed by atoms with Crippen molar-refractivity contribution in [2.75, 3.05) is 0 Å². The van der Waals surface area contributed by atoms with E-state index in [1.54, 1.807) is 10.9 Å². The van der Waals surface area contributed by atoms with Crippen molar-refractivity contribution in [3.8, 4) is 5.69 Å². The Hall–Kier alpha value is -2.68. The number of carbonyl (C=O) groups is 1. The van der Waals surface area contributed by atoms with Crippen molar-refractivity contribution >= 4 is 5.78 Å². The van der Waals surface area contributed by atoms with Gasteiger partial charge in [0.25, 0.3) is 0 Å². The highest BCUT2D eigenvalue weighted by Gasteiger charge is 2.08. The normalized spacial score (nSPS) is 10.3. The average molecular weight is 248 g/mol. The third-order valence-electron chi connectivity index (χ3n) is 2.93. The first-order chi connectivity index (χ1) is 9.34. The van der Waals surface area contributed by atoms with Crippen molar-refractivity contribution in [1.82, 2.24) is 9.78 Å². The molecule has 0 aliphatic rings. The Balaban J connectivity index is 1.89. The summed E-state index contributed by atoms with van der Waals surface area (Å²) in [6.45, 7) is 0. The Morgan fingerprint density at radius 2 is 1.53 bits per heavy atom. The molecule has 0 unspecified atom stereocenters. The highest BCUT2D eigenvalue weighted by Crippen LogP contribution is 2.13. The zero-order valence-corrected chi connectivity index (χ0v) is 10.2. The third-order valence-corrected chi connectivity index (χ3v) is 2.93. The maximum atomic E-state index is 12.2. The lowest BCUT2D eigenvalue weighted by Crippen LogP contribution is -2.01. The molecule has 0 fully saturated rings. The fourth-order valence-electron chi connectivity index (χ4n) is 1.94. The van der Waals surface area contributed by atoms with Crippen LogP contribution in [0.4, 0.5) is 0 Å². The van der Waals surface area contributed by atoms with Gasteiger partial charge in [0, 0.05) is 23.5 Å². The molecule has 0 N–H and O–H groups in total. The van der Waals surface area contributed by atoms with Crippen LogP contribution in [0.5, 0.6) is 0 Å². The van der Waals surface area contributed by atoms with E-state index >= 15 is 0 Å². The van der Waals surface area contributed by atoms with Gasteiger partial charge in [-0.05, 0) is 30.3 Å². The molecule has 1 aromatic heterocycles. The van der Waals surface area contributed by atoms with Gasteiger partial charge in [-0.2, -0.15) is 5.10 Å². The maximum absolute atomic E-state index is 12.2. The lowest BCUT2D eigenvalue weighted by molar-refractivity contribution is 0.103. The Bertz CT molecular complexity index is 671. The molecule has 0 aliphatic carbocycles. The molecule has 0 aliphatic heterocycles. The molecule has 2 aromatic carbocycles. The molecule has 0 radical (unpaired) electrons. The fraction of sp³-hybridized carbons (Fsp3) is 0. The van der Waals surface area contributed by atoms with E-state index in [0.717, 1.165) is 5.69 Å². The summed E-state index contributed by atoms with van der Waals surface area (Å²) in [7, 11) is 0. The Kier molecular flexibility index (Phi) is 2.94. The summed E-state index contributed by atoms with van der Waals surface area (Å²) < 4.78 is 1.76. The first-order valence-electron chi connectivity index (χ1n) is 6.04. The quantitative estimate of drug-likeness (QED) is 0.667. The molecule has 0 spiro atoms. The number of hydrogen-bond donors (Lipinski definition) is 0. The van der Waals surface area contributed by atoms with Crippen LogP contribution in [-0.4, -0.2) is 15.6 Å². The second kappa shape index (κ2) is 4.90. The Morgan fingerprint density at radius 3 is 2.16 bits per heavy atom. The van der Waals surface area contributed by atoms with Crippen LogP contribution in [0.3, 0.4) is 0 Å². The van der Waals surface area contributed by atoms with Crippen LogP contribution < -0.4 is 0 Å². The third kappa shape index (κ3) is 2.31. The van der Waals surface area contributed by atoms with Crippen LogP contribution >= 0.6 is 0 Å². The molecule has 0 amide bonds. The van der Waals surface area contributed by atoms with Gasteiger partial charge in [-0.25, -0.2) is 4.68 Å². The van der Waals surface area contributed by atoms with E-state index in [-0.39, 0.29) is 5.78 Å². The monoisotopic (exact) mass is 248 g/mol. The van der Waals surface area contributed by atoms with Crippen LogP contribution in [0.15, 0.2) is 73.1 Å². The molecule has 3 aromatic rings. The predicted molar refractivity (Wildman–Crippen MR) is 73.4 cm³/mol. The number of rotatable bonds is 3. The summed E-state index contributed by atoms with van der Waals surface area (Å²) in [4.78, 5) is 12.2. The molecule has 0 bridgehead atoms. The van der Waals surface area contributed by atoms with Gasteiger partial charge in [0.15, 0.2) is 5.78 Å². The minimum atomic E-state index is 0.0348. The highest BCUT2D eigenvalue weighted by molar-refractivity contribution is 6.09. The highest BCUT2D eigenvalue weighted by atomic mass is 16.1. The van der Waals surface area contributed by atoms with Crippen LogP contribution in [-0.2, 0) is 0 Å².